The van der Waals surface area contributed by atoms with Crippen LogP contribution >= 0.6 is 0 Å². The second-order valence-corrected chi connectivity index (χ2v) is 6.77. The average molecular weight is 374 g/mol. The minimum atomic E-state index is -0.637. The van der Waals surface area contributed by atoms with Crippen LogP contribution in [0.25, 0.3) is 11.0 Å². The minimum Gasteiger partial charge on any atom is -0.481 e. The number of aryl methyl sites for hydroxylation is 1. The summed E-state index contributed by atoms with van der Waals surface area (Å²) in [6, 6.07) is 6.70. The molecular formula is C20H26N2O5. The molecule has 1 saturated heterocycles. The molecule has 146 valence electrons. The first-order valence-corrected chi connectivity index (χ1v) is 9.32. The Morgan fingerprint density at radius 2 is 2.07 bits per heavy atom. The van der Waals surface area contributed by atoms with Crippen LogP contribution in [-0.2, 0) is 9.53 Å². The van der Waals surface area contributed by atoms with Gasteiger partial charge >= 0.3 is 5.63 Å². The summed E-state index contributed by atoms with van der Waals surface area (Å²) < 4.78 is 16.2. The molecule has 2 heterocycles. The van der Waals surface area contributed by atoms with Gasteiger partial charge in [-0.25, -0.2) is 4.79 Å². The number of amides is 1. The molecule has 3 rings (SSSR count). The van der Waals surface area contributed by atoms with E-state index in [9.17, 15) is 9.59 Å². The standard InChI is InChI=1S/C20H26N2O5/c1-14-12-19(23)27-18-13-16(4-5-17(14)18)26-15(2)20(24)21-6-3-7-22-8-10-25-11-9-22/h4-5,12-13,15H,3,6-11H2,1-2H3,(H,21,24). The number of morpholine rings is 1. The van der Waals surface area contributed by atoms with Crippen molar-refractivity contribution in [3.8, 4) is 5.75 Å². The fourth-order valence-corrected chi connectivity index (χ4v) is 3.12. The van der Waals surface area contributed by atoms with E-state index in [4.69, 9.17) is 13.9 Å². The van der Waals surface area contributed by atoms with E-state index in [-0.39, 0.29) is 5.91 Å². The van der Waals surface area contributed by atoms with Crippen molar-refractivity contribution in [3.05, 3.63) is 40.2 Å². The number of ether oxygens (including phenoxy) is 2. The smallest absolute Gasteiger partial charge is 0.336 e. The molecule has 1 aliphatic rings. The van der Waals surface area contributed by atoms with E-state index in [1.807, 2.05) is 13.0 Å². The van der Waals surface area contributed by atoms with Crippen LogP contribution in [0.2, 0.25) is 0 Å². The van der Waals surface area contributed by atoms with Gasteiger partial charge in [0.25, 0.3) is 5.91 Å². The molecule has 0 saturated carbocycles. The lowest BCUT2D eigenvalue weighted by molar-refractivity contribution is -0.127. The number of carbonyl (C=O) groups is 1. The Morgan fingerprint density at radius 1 is 1.30 bits per heavy atom. The first kappa shape index (κ1) is 19.4. The van der Waals surface area contributed by atoms with Crippen molar-refractivity contribution in [2.75, 3.05) is 39.4 Å². The van der Waals surface area contributed by atoms with Gasteiger partial charge in [0.1, 0.15) is 11.3 Å². The summed E-state index contributed by atoms with van der Waals surface area (Å²) in [4.78, 5) is 26.1. The largest absolute Gasteiger partial charge is 0.481 e. The van der Waals surface area contributed by atoms with Crippen molar-refractivity contribution in [1.82, 2.24) is 10.2 Å². The molecular weight excluding hydrogens is 348 g/mol. The fourth-order valence-electron chi connectivity index (χ4n) is 3.12. The highest BCUT2D eigenvalue weighted by molar-refractivity contribution is 5.82. The van der Waals surface area contributed by atoms with E-state index in [0.717, 1.165) is 50.2 Å². The van der Waals surface area contributed by atoms with E-state index < -0.39 is 11.7 Å². The van der Waals surface area contributed by atoms with Crippen LogP contribution in [0, 0.1) is 6.92 Å². The van der Waals surface area contributed by atoms with Crippen LogP contribution in [0.5, 0.6) is 5.75 Å². The molecule has 0 spiro atoms. The Balaban J connectivity index is 1.48. The second-order valence-electron chi connectivity index (χ2n) is 6.77. The zero-order chi connectivity index (χ0) is 19.2. The van der Waals surface area contributed by atoms with Gasteiger partial charge in [-0.1, -0.05) is 0 Å². The zero-order valence-corrected chi connectivity index (χ0v) is 15.8. The normalized spacial score (nSPS) is 16.2. The molecule has 0 bridgehead atoms. The van der Waals surface area contributed by atoms with Gasteiger partial charge in [0.2, 0.25) is 0 Å². The molecule has 27 heavy (non-hydrogen) atoms. The summed E-state index contributed by atoms with van der Waals surface area (Å²) in [7, 11) is 0. The lowest BCUT2D eigenvalue weighted by Crippen LogP contribution is -2.40. The van der Waals surface area contributed by atoms with Crippen LogP contribution in [0.3, 0.4) is 0 Å². The Labute approximate surface area is 158 Å². The number of nitrogens with one attached hydrogen (secondary N) is 1. The van der Waals surface area contributed by atoms with Crippen molar-refractivity contribution in [3.63, 3.8) is 0 Å². The first-order valence-electron chi connectivity index (χ1n) is 9.32. The van der Waals surface area contributed by atoms with E-state index in [1.165, 1.54) is 6.07 Å². The Bertz CT molecular complexity index is 842. The Kier molecular flexibility index (Phi) is 6.47. The van der Waals surface area contributed by atoms with Gasteiger partial charge in [-0.05, 0) is 44.5 Å². The second kappa shape index (κ2) is 9.01. The number of rotatable bonds is 7. The van der Waals surface area contributed by atoms with Crippen LogP contribution < -0.4 is 15.7 Å². The number of nitrogens with zero attached hydrogens (tertiary/aromatic N) is 1. The summed E-state index contributed by atoms with van der Waals surface area (Å²) >= 11 is 0. The van der Waals surface area contributed by atoms with Gasteiger partial charge in [-0.2, -0.15) is 0 Å². The summed E-state index contributed by atoms with van der Waals surface area (Å²) in [6.07, 6.45) is 0.251. The van der Waals surface area contributed by atoms with E-state index in [0.29, 0.717) is 17.9 Å². The summed E-state index contributed by atoms with van der Waals surface area (Å²) in [6.45, 7) is 8.57. The highest BCUT2D eigenvalue weighted by atomic mass is 16.5. The molecule has 1 aromatic heterocycles. The molecule has 1 amide bonds. The van der Waals surface area contributed by atoms with E-state index in [2.05, 4.69) is 10.2 Å². The highest BCUT2D eigenvalue weighted by Crippen LogP contribution is 2.22. The molecule has 1 fully saturated rings. The quantitative estimate of drug-likeness (QED) is 0.587. The summed E-state index contributed by atoms with van der Waals surface area (Å²) in [5, 5.41) is 3.75. The summed E-state index contributed by atoms with van der Waals surface area (Å²) in [5.41, 5.74) is 0.901. The summed E-state index contributed by atoms with van der Waals surface area (Å²) in [5.74, 6) is 0.329. The van der Waals surface area contributed by atoms with Crippen LogP contribution in [0.1, 0.15) is 18.9 Å². The number of carbonyl (C=O) groups excluding carboxylic acids is 1. The predicted octanol–water partition coefficient (Wildman–Crippen LogP) is 1.71. The molecule has 0 aliphatic carbocycles. The number of benzene rings is 1. The van der Waals surface area contributed by atoms with Crippen molar-refractivity contribution < 1.29 is 18.7 Å². The molecule has 1 N–H and O–H groups in total. The van der Waals surface area contributed by atoms with Gasteiger partial charge in [0, 0.05) is 37.2 Å². The molecule has 1 atom stereocenters. The Hall–Kier alpha value is -2.38. The molecule has 7 heteroatoms. The molecule has 1 aliphatic heterocycles. The highest BCUT2D eigenvalue weighted by Gasteiger charge is 2.15. The lowest BCUT2D eigenvalue weighted by Gasteiger charge is -2.26. The molecule has 1 aromatic carbocycles. The minimum absolute atomic E-state index is 0.164. The van der Waals surface area contributed by atoms with Gasteiger partial charge < -0.3 is 19.2 Å². The van der Waals surface area contributed by atoms with Crippen molar-refractivity contribution in [2.24, 2.45) is 0 Å². The van der Waals surface area contributed by atoms with E-state index >= 15 is 0 Å². The van der Waals surface area contributed by atoms with Crippen molar-refractivity contribution in [1.29, 1.82) is 0 Å². The topological polar surface area (TPSA) is 81.0 Å². The van der Waals surface area contributed by atoms with Crippen LogP contribution in [-0.4, -0.2) is 56.3 Å². The number of hydrogen-bond acceptors (Lipinski definition) is 6. The first-order chi connectivity index (χ1) is 13.0. The van der Waals surface area contributed by atoms with Gasteiger partial charge in [0.05, 0.1) is 13.2 Å². The van der Waals surface area contributed by atoms with Gasteiger partial charge in [-0.3, -0.25) is 9.69 Å². The van der Waals surface area contributed by atoms with Crippen LogP contribution in [0.15, 0.2) is 33.5 Å². The maximum Gasteiger partial charge on any atom is 0.336 e. The third-order valence-corrected chi connectivity index (χ3v) is 4.66. The zero-order valence-electron chi connectivity index (χ0n) is 15.8. The van der Waals surface area contributed by atoms with Crippen molar-refractivity contribution in [2.45, 2.75) is 26.4 Å². The average Bonchev–Trinajstić information content (AvgIpc) is 2.65. The molecule has 7 nitrogen and oxygen atoms in total. The third kappa shape index (κ3) is 5.30. The molecule has 2 aromatic rings. The monoisotopic (exact) mass is 374 g/mol. The molecule has 0 radical (unpaired) electrons. The van der Waals surface area contributed by atoms with E-state index in [1.54, 1.807) is 19.1 Å². The molecule has 1 unspecified atom stereocenters. The SMILES string of the molecule is Cc1cc(=O)oc2cc(OC(C)C(=O)NCCCN3CCOCC3)ccc12. The number of fused-ring (bicyclic) bond motifs is 1. The van der Waals surface area contributed by atoms with Crippen LogP contribution in [0.4, 0.5) is 0 Å². The third-order valence-electron chi connectivity index (χ3n) is 4.66. The van der Waals surface area contributed by atoms with Gasteiger partial charge in [0.15, 0.2) is 6.10 Å². The van der Waals surface area contributed by atoms with Gasteiger partial charge in [-0.15, -0.1) is 0 Å². The fraction of sp³-hybridized carbons (Fsp3) is 0.500. The lowest BCUT2D eigenvalue weighted by atomic mass is 10.1. The Morgan fingerprint density at radius 3 is 2.85 bits per heavy atom. The maximum absolute atomic E-state index is 12.2. The van der Waals surface area contributed by atoms with Crippen molar-refractivity contribution >= 4 is 16.9 Å². The predicted molar refractivity (Wildman–Crippen MR) is 102 cm³/mol. The number of hydrogen-bond donors (Lipinski definition) is 1. The maximum atomic E-state index is 12.2.